The summed E-state index contributed by atoms with van der Waals surface area (Å²) >= 11 is 0. The van der Waals surface area contributed by atoms with Crippen LogP contribution in [0.3, 0.4) is 0 Å². The number of hydrogen-bond donors (Lipinski definition) is 1. The molecule has 0 spiro atoms. The molecule has 156 valence electrons. The summed E-state index contributed by atoms with van der Waals surface area (Å²) in [4.78, 5) is 17.6. The zero-order chi connectivity index (χ0) is 21.3. The normalized spacial score (nSPS) is 11.9. The zero-order valence-corrected chi connectivity index (χ0v) is 15.7. The molecule has 11 heteroatoms. The van der Waals surface area contributed by atoms with E-state index in [0.29, 0.717) is 41.0 Å². The van der Waals surface area contributed by atoms with Crippen molar-refractivity contribution in [2.45, 2.75) is 12.9 Å². The van der Waals surface area contributed by atoms with Gasteiger partial charge in [-0.3, -0.25) is 14.5 Å². The van der Waals surface area contributed by atoms with Crippen LogP contribution in [0.4, 0.5) is 13.2 Å². The number of hydrogen-bond acceptors (Lipinski definition) is 5. The van der Waals surface area contributed by atoms with Crippen molar-refractivity contribution in [2.24, 2.45) is 0 Å². The topological polar surface area (TPSA) is 87.0 Å². The van der Waals surface area contributed by atoms with Crippen LogP contribution in [-0.4, -0.2) is 44.4 Å². The van der Waals surface area contributed by atoms with Crippen molar-refractivity contribution in [1.29, 1.82) is 0 Å². The Morgan fingerprint density at radius 1 is 1.20 bits per heavy atom. The molecule has 4 rings (SSSR count). The summed E-state index contributed by atoms with van der Waals surface area (Å²) < 4.78 is 49.3. The van der Waals surface area contributed by atoms with E-state index in [1.165, 1.54) is 16.7 Å². The highest BCUT2D eigenvalue weighted by molar-refractivity contribution is 5.91. The largest absolute Gasteiger partial charge is 0.573 e. The Morgan fingerprint density at radius 3 is 2.60 bits per heavy atom. The van der Waals surface area contributed by atoms with E-state index in [1.54, 1.807) is 36.6 Å². The van der Waals surface area contributed by atoms with E-state index >= 15 is 0 Å². The Morgan fingerprint density at radius 2 is 1.97 bits per heavy atom. The third-order valence-corrected chi connectivity index (χ3v) is 4.47. The van der Waals surface area contributed by atoms with E-state index in [2.05, 4.69) is 19.9 Å². The maximum Gasteiger partial charge on any atom is 0.573 e. The van der Waals surface area contributed by atoms with Crippen LogP contribution in [0.15, 0.2) is 54.0 Å². The molecule has 0 atom stereocenters. The lowest BCUT2D eigenvalue weighted by Crippen LogP contribution is -2.21. The highest BCUT2D eigenvalue weighted by Gasteiger charge is 2.31. The fraction of sp³-hybridized carbons (Fsp3) is 0.211. The third-order valence-electron chi connectivity index (χ3n) is 4.47. The molecule has 1 aromatic carbocycles. The van der Waals surface area contributed by atoms with Crippen molar-refractivity contribution in [1.82, 2.24) is 24.3 Å². The Balaban J connectivity index is 1.87. The van der Waals surface area contributed by atoms with Crippen molar-refractivity contribution < 1.29 is 22.6 Å². The monoisotopic (exact) mass is 419 g/mol. The number of rotatable bonds is 6. The predicted molar refractivity (Wildman–Crippen MR) is 101 cm³/mol. The zero-order valence-electron chi connectivity index (χ0n) is 15.7. The molecule has 0 aliphatic heterocycles. The fourth-order valence-electron chi connectivity index (χ4n) is 3.14. The molecule has 8 nitrogen and oxygen atoms in total. The molecule has 0 aliphatic carbocycles. The average molecular weight is 419 g/mol. The summed E-state index contributed by atoms with van der Waals surface area (Å²) in [5.41, 5.74) is 2.20. The van der Waals surface area contributed by atoms with Crippen LogP contribution in [0, 0.1) is 0 Å². The minimum atomic E-state index is -4.79. The lowest BCUT2D eigenvalue weighted by atomic mass is 10.1. The maximum absolute atomic E-state index is 13.2. The number of nitrogens with one attached hydrogen (secondary N) is 1. The van der Waals surface area contributed by atoms with Gasteiger partial charge in [0.05, 0.1) is 19.1 Å². The Hall–Kier alpha value is -3.60. The number of pyridine rings is 1. The van der Waals surface area contributed by atoms with Crippen LogP contribution in [-0.2, 0) is 11.3 Å². The van der Waals surface area contributed by atoms with E-state index in [4.69, 9.17) is 4.74 Å². The number of alkyl halides is 3. The Labute approximate surface area is 167 Å². The van der Waals surface area contributed by atoms with Gasteiger partial charge >= 0.3 is 6.36 Å². The molecule has 0 aliphatic rings. The van der Waals surface area contributed by atoms with Gasteiger partial charge in [-0.25, -0.2) is 4.98 Å². The SMILES string of the molecule is COCCn1cnc2c(-c3cn[nH]c3)cn(-c3ccc(OC(F)(F)F)cc3)c(=O)c21. The van der Waals surface area contributed by atoms with Gasteiger partial charge in [-0.2, -0.15) is 5.10 Å². The number of fused-ring (bicyclic) bond motifs is 1. The number of benzene rings is 1. The van der Waals surface area contributed by atoms with Gasteiger partial charge in [0.25, 0.3) is 5.56 Å². The third kappa shape index (κ3) is 3.79. The second-order valence-corrected chi connectivity index (χ2v) is 6.37. The van der Waals surface area contributed by atoms with Gasteiger partial charge in [-0.1, -0.05) is 0 Å². The number of aromatic amines is 1. The molecule has 3 heterocycles. The second-order valence-electron chi connectivity index (χ2n) is 6.37. The lowest BCUT2D eigenvalue weighted by Gasteiger charge is -2.12. The highest BCUT2D eigenvalue weighted by Crippen LogP contribution is 2.27. The number of methoxy groups -OCH3 is 1. The number of nitrogens with zero attached hydrogens (tertiary/aromatic N) is 4. The summed E-state index contributed by atoms with van der Waals surface area (Å²) in [7, 11) is 1.55. The quantitative estimate of drug-likeness (QED) is 0.519. The second kappa shape index (κ2) is 7.67. The van der Waals surface area contributed by atoms with Crippen LogP contribution in [0.25, 0.3) is 27.8 Å². The molecule has 0 saturated carbocycles. The van der Waals surface area contributed by atoms with E-state index < -0.39 is 6.36 Å². The van der Waals surface area contributed by atoms with Gasteiger partial charge in [-0.05, 0) is 24.3 Å². The number of H-pyrrole nitrogens is 1. The molecule has 0 saturated heterocycles. The molecule has 4 aromatic rings. The molecular weight excluding hydrogens is 403 g/mol. The summed E-state index contributed by atoms with van der Waals surface area (Å²) in [5.74, 6) is -0.374. The molecule has 30 heavy (non-hydrogen) atoms. The number of halogens is 3. The fourth-order valence-corrected chi connectivity index (χ4v) is 3.14. The summed E-state index contributed by atoms with van der Waals surface area (Å²) in [6.45, 7) is 0.791. The van der Waals surface area contributed by atoms with Crippen molar-refractivity contribution in [3.05, 3.63) is 59.5 Å². The molecule has 3 aromatic heterocycles. The van der Waals surface area contributed by atoms with Gasteiger partial charge in [0, 0.05) is 42.9 Å². The smallest absolute Gasteiger partial charge is 0.406 e. The molecule has 0 radical (unpaired) electrons. The predicted octanol–water partition coefficient (Wildman–Crippen LogP) is 3.12. The standard InChI is InChI=1S/C19H16F3N5O3/c1-29-7-6-26-11-23-16-15(12-8-24-25-9-12)10-27(18(28)17(16)26)13-2-4-14(5-3-13)30-19(20,21)22/h2-5,8-11H,6-7H2,1H3,(H,24,25). The molecule has 0 bridgehead atoms. The van der Waals surface area contributed by atoms with Crippen molar-refractivity contribution in [3.8, 4) is 22.6 Å². The van der Waals surface area contributed by atoms with Crippen LogP contribution in [0.5, 0.6) is 5.75 Å². The average Bonchev–Trinajstić information content (AvgIpc) is 3.37. The van der Waals surface area contributed by atoms with Crippen molar-refractivity contribution in [3.63, 3.8) is 0 Å². The lowest BCUT2D eigenvalue weighted by molar-refractivity contribution is -0.274. The minimum absolute atomic E-state index is 0.348. The van der Waals surface area contributed by atoms with Crippen molar-refractivity contribution >= 4 is 11.0 Å². The summed E-state index contributed by atoms with van der Waals surface area (Å²) in [5, 5.41) is 6.66. The first-order valence-corrected chi connectivity index (χ1v) is 8.82. The van der Waals surface area contributed by atoms with Gasteiger partial charge in [0.2, 0.25) is 0 Å². The Kier molecular flexibility index (Phi) is 5.04. The van der Waals surface area contributed by atoms with Crippen LogP contribution in [0.1, 0.15) is 0 Å². The van der Waals surface area contributed by atoms with Crippen molar-refractivity contribution in [2.75, 3.05) is 13.7 Å². The molecule has 0 unspecified atom stereocenters. The maximum atomic E-state index is 13.2. The van der Waals surface area contributed by atoms with E-state index in [1.807, 2.05) is 0 Å². The minimum Gasteiger partial charge on any atom is -0.406 e. The number of imidazole rings is 1. The van der Waals surface area contributed by atoms with Crippen LogP contribution in [0.2, 0.25) is 0 Å². The van der Waals surface area contributed by atoms with Crippen LogP contribution >= 0.6 is 0 Å². The van der Waals surface area contributed by atoms with Gasteiger partial charge in [-0.15, -0.1) is 13.2 Å². The van der Waals surface area contributed by atoms with E-state index in [-0.39, 0.29) is 11.3 Å². The molecular formula is C19H16F3N5O3. The first-order chi connectivity index (χ1) is 14.4. The number of ether oxygens (including phenoxy) is 2. The summed E-state index contributed by atoms with van der Waals surface area (Å²) in [6.07, 6.45) is 1.61. The molecule has 1 N–H and O–H groups in total. The summed E-state index contributed by atoms with van der Waals surface area (Å²) in [6, 6.07) is 5.06. The molecule has 0 amide bonds. The van der Waals surface area contributed by atoms with E-state index in [0.717, 1.165) is 12.1 Å². The van der Waals surface area contributed by atoms with Gasteiger partial charge in [0.15, 0.2) is 0 Å². The molecule has 0 fully saturated rings. The highest BCUT2D eigenvalue weighted by atomic mass is 19.4. The van der Waals surface area contributed by atoms with Gasteiger partial charge < -0.3 is 14.0 Å². The number of aromatic nitrogens is 5. The van der Waals surface area contributed by atoms with E-state index in [9.17, 15) is 18.0 Å². The van der Waals surface area contributed by atoms with Crippen LogP contribution < -0.4 is 10.3 Å². The first-order valence-electron chi connectivity index (χ1n) is 8.82. The Bertz CT molecular complexity index is 1210. The van der Waals surface area contributed by atoms with Gasteiger partial charge in [0.1, 0.15) is 16.8 Å². The first kappa shape index (κ1) is 19.7.